The summed E-state index contributed by atoms with van der Waals surface area (Å²) in [6.07, 6.45) is 1.57. The molecule has 0 unspecified atom stereocenters. The van der Waals surface area contributed by atoms with Crippen molar-refractivity contribution in [1.29, 1.82) is 0 Å². The minimum absolute atomic E-state index is 0.0515. The summed E-state index contributed by atoms with van der Waals surface area (Å²) in [5, 5.41) is 16.0. The van der Waals surface area contributed by atoms with Gasteiger partial charge in [0.1, 0.15) is 5.69 Å². The third-order valence-electron chi connectivity index (χ3n) is 2.69. The van der Waals surface area contributed by atoms with Gasteiger partial charge in [-0.25, -0.2) is 0 Å². The molecule has 4 N–H and O–H groups in total. The van der Waals surface area contributed by atoms with Gasteiger partial charge < -0.3 is 16.3 Å². The van der Waals surface area contributed by atoms with Crippen LogP contribution in [-0.2, 0) is 6.54 Å². The van der Waals surface area contributed by atoms with Crippen molar-refractivity contribution in [3.63, 3.8) is 0 Å². The van der Waals surface area contributed by atoms with Crippen LogP contribution in [0.3, 0.4) is 0 Å². The second-order valence-corrected chi connectivity index (χ2v) is 5.36. The lowest BCUT2D eigenvalue weighted by molar-refractivity contribution is 0.318. The van der Waals surface area contributed by atoms with Crippen molar-refractivity contribution >= 4 is 46.3 Å². The van der Waals surface area contributed by atoms with Gasteiger partial charge in [0, 0.05) is 12.7 Å². The van der Waals surface area contributed by atoms with E-state index in [1.807, 2.05) is 0 Å². The van der Waals surface area contributed by atoms with Crippen LogP contribution in [0, 0.1) is 0 Å². The molecule has 1 heterocycles. The molecule has 0 amide bonds. The molecular formula is C13H11Cl3N4O. The molecule has 0 saturated heterocycles. The van der Waals surface area contributed by atoms with Crippen LogP contribution in [-0.4, -0.2) is 16.0 Å². The van der Waals surface area contributed by atoms with Gasteiger partial charge in [0.2, 0.25) is 0 Å². The topological polar surface area (TPSA) is 83.5 Å². The van der Waals surface area contributed by atoms with Gasteiger partial charge >= 0.3 is 0 Å². The molecule has 1 aromatic carbocycles. The molecule has 0 atom stereocenters. The number of pyridine rings is 1. The van der Waals surface area contributed by atoms with Gasteiger partial charge in [-0.2, -0.15) is 0 Å². The first kappa shape index (κ1) is 15.7. The number of oxime groups is 1. The van der Waals surface area contributed by atoms with Gasteiger partial charge in [0.25, 0.3) is 0 Å². The van der Waals surface area contributed by atoms with E-state index in [1.54, 1.807) is 30.5 Å². The lowest BCUT2D eigenvalue weighted by Gasteiger charge is -2.10. The Bertz CT molecular complexity index is 691. The first-order valence-electron chi connectivity index (χ1n) is 5.82. The second kappa shape index (κ2) is 6.85. The normalized spacial score (nSPS) is 11.5. The van der Waals surface area contributed by atoms with Gasteiger partial charge in [0.15, 0.2) is 5.84 Å². The molecular weight excluding hydrogens is 335 g/mol. The molecule has 5 nitrogen and oxygen atoms in total. The number of rotatable bonds is 4. The maximum absolute atomic E-state index is 8.64. The molecule has 8 heteroatoms. The SMILES string of the molecule is NC(=NO)c1cc(CNc2cc(Cl)c(Cl)cc2Cl)ccn1. The molecule has 0 fully saturated rings. The van der Waals surface area contributed by atoms with Gasteiger partial charge in [-0.3, -0.25) is 4.98 Å². The van der Waals surface area contributed by atoms with Gasteiger partial charge in [-0.1, -0.05) is 40.0 Å². The smallest absolute Gasteiger partial charge is 0.188 e. The number of hydrogen-bond acceptors (Lipinski definition) is 4. The van der Waals surface area contributed by atoms with Crippen molar-refractivity contribution in [2.24, 2.45) is 10.9 Å². The van der Waals surface area contributed by atoms with Crippen molar-refractivity contribution < 1.29 is 5.21 Å². The number of amidine groups is 1. The Labute approximate surface area is 136 Å². The number of nitrogens with two attached hydrogens (primary N) is 1. The Hall–Kier alpha value is -1.69. The highest BCUT2D eigenvalue weighted by Gasteiger charge is 2.07. The van der Waals surface area contributed by atoms with E-state index in [-0.39, 0.29) is 5.84 Å². The summed E-state index contributed by atoms with van der Waals surface area (Å²) in [4.78, 5) is 4.00. The number of aromatic nitrogens is 1. The first-order chi connectivity index (χ1) is 10.0. The van der Waals surface area contributed by atoms with Crippen LogP contribution in [0.2, 0.25) is 15.1 Å². The molecule has 21 heavy (non-hydrogen) atoms. The molecule has 0 aliphatic rings. The van der Waals surface area contributed by atoms with Crippen LogP contribution in [0.4, 0.5) is 5.69 Å². The number of halogens is 3. The minimum atomic E-state index is -0.0515. The quantitative estimate of drug-likeness (QED) is 0.259. The van der Waals surface area contributed by atoms with Crippen molar-refractivity contribution in [1.82, 2.24) is 4.98 Å². The van der Waals surface area contributed by atoms with E-state index in [9.17, 15) is 0 Å². The van der Waals surface area contributed by atoms with Crippen LogP contribution in [0.5, 0.6) is 0 Å². The maximum Gasteiger partial charge on any atom is 0.188 e. The fraction of sp³-hybridized carbons (Fsp3) is 0.0769. The predicted octanol–water partition coefficient (Wildman–Crippen LogP) is 3.75. The van der Waals surface area contributed by atoms with Gasteiger partial charge in [-0.05, 0) is 29.8 Å². The summed E-state index contributed by atoms with van der Waals surface area (Å²) < 4.78 is 0. The highest BCUT2D eigenvalue weighted by molar-refractivity contribution is 6.44. The fourth-order valence-electron chi connectivity index (χ4n) is 1.63. The monoisotopic (exact) mass is 344 g/mol. The second-order valence-electron chi connectivity index (χ2n) is 4.13. The third-order valence-corrected chi connectivity index (χ3v) is 3.72. The highest BCUT2D eigenvalue weighted by Crippen LogP contribution is 2.32. The number of nitrogens with one attached hydrogen (secondary N) is 1. The summed E-state index contributed by atoms with van der Waals surface area (Å²) in [5.41, 5.74) is 7.42. The largest absolute Gasteiger partial charge is 0.409 e. The fourth-order valence-corrected chi connectivity index (χ4v) is 2.24. The Balaban J connectivity index is 2.15. The molecule has 0 bridgehead atoms. The van der Waals surface area contributed by atoms with Crippen LogP contribution >= 0.6 is 34.8 Å². The van der Waals surface area contributed by atoms with E-state index in [1.165, 1.54) is 0 Å². The molecule has 2 aromatic rings. The van der Waals surface area contributed by atoms with Crippen LogP contribution < -0.4 is 11.1 Å². The average Bonchev–Trinajstić information content (AvgIpc) is 2.49. The van der Waals surface area contributed by atoms with Crippen molar-refractivity contribution in [2.75, 3.05) is 5.32 Å². The molecule has 0 saturated carbocycles. The summed E-state index contributed by atoms with van der Waals surface area (Å²) in [6, 6.07) is 6.72. The van der Waals surface area contributed by atoms with Crippen molar-refractivity contribution in [3.8, 4) is 0 Å². The Morgan fingerprint density at radius 3 is 2.62 bits per heavy atom. The highest BCUT2D eigenvalue weighted by atomic mass is 35.5. The Kier molecular flexibility index (Phi) is 5.12. The van der Waals surface area contributed by atoms with Gasteiger partial charge in [0.05, 0.1) is 20.8 Å². The molecule has 0 spiro atoms. The van der Waals surface area contributed by atoms with E-state index < -0.39 is 0 Å². The summed E-state index contributed by atoms with van der Waals surface area (Å²) in [7, 11) is 0. The Morgan fingerprint density at radius 2 is 1.90 bits per heavy atom. The molecule has 2 rings (SSSR count). The predicted molar refractivity (Wildman–Crippen MR) is 85.5 cm³/mol. The summed E-state index contributed by atoms with van der Waals surface area (Å²) >= 11 is 17.9. The summed E-state index contributed by atoms with van der Waals surface area (Å²) in [5.74, 6) is -0.0515. The Morgan fingerprint density at radius 1 is 1.19 bits per heavy atom. The minimum Gasteiger partial charge on any atom is -0.409 e. The van der Waals surface area contributed by atoms with Crippen LogP contribution in [0.25, 0.3) is 0 Å². The van der Waals surface area contributed by atoms with E-state index in [2.05, 4.69) is 15.5 Å². The lowest BCUT2D eigenvalue weighted by Crippen LogP contribution is -2.15. The molecule has 0 aliphatic carbocycles. The lowest BCUT2D eigenvalue weighted by atomic mass is 10.2. The van der Waals surface area contributed by atoms with E-state index >= 15 is 0 Å². The van der Waals surface area contributed by atoms with Crippen LogP contribution in [0.1, 0.15) is 11.3 Å². The number of benzene rings is 1. The van der Waals surface area contributed by atoms with E-state index in [0.29, 0.717) is 33.0 Å². The zero-order chi connectivity index (χ0) is 15.4. The average molecular weight is 346 g/mol. The van der Waals surface area contributed by atoms with Gasteiger partial charge in [-0.15, -0.1) is 0 Å². The maximum atomic E-state index is 8.64. The van der Waals surface area contributed by atoms with Crippen molar-refractivity contribution in [2.45, 2.75) is 6.54 Å². The molecule has 110 valence electrons. The van der Waals surface area contributed by atoms with E-state index in [0.717, 1.165) is 5.56 Å². The van der Waals surface area contributed by atoms with Crippen molar-refractivity contribution in [3.05, 3.63) is 56.8 Å². The van der Waals surface area contributed by atoms with E-state index in [4.69, 9.17) is 45.7 Å². The zero-order valence-electron chi connectivity index (χ0n) is 10.6. The number of anilines is 1. The number of nitrogens with zero attached hydrogens (tertiary/aromatic N) is 2. The molecule has 0 aliphatic heterocycles. The zero-order valence-corrected chi connectivity index (χ0v) is 12.9. The number of hydrogen-bond donors (Lipinski definition) is 3. The first-order valence-corrected chi connectivity index (χ1v) is 6.96. The standard InChI is InChI=1S/C13H11Cl3N4O/c14-8-4-10(16)11(5-9(8)15)19-6-7-1-2-18-12(3-7)13(17)20-21/h1-5,19,21H,6H2,(H2,17,20). The van der Waals surface area contributed by atoms with Crippen LogP contribution in [0.15, 0.2) is 35.6 Å². The summed E-state index contributed by atoms with van der Waals surface area (Å²) in [6.45, 7) is 0.464. The molecule has 1 aromatic heterocycles. The molecule has 0 radical (unpaired) electrons. The third kappa shape index (κ3) is 3.91.